The number of nitrogens with one attached hydrogen (secondary N) is 2. The summed E-state index contributed by atoms with van der Waals surface area (Å²) in [6.45, 7) is 5.12. The molecule has 4 fully saturated rings. The van der Waals surface area contributed by atoms with Gasteiger partial charge in [-0.25, -0.2) is 0 Å². The highest BCUT2D eigenvalue weighted by atomic mass is 14.9. The Labute approximate surface area is 130 Å². The fraction of sp³-hybridized carbons (Fsp3) is 1.00. The highest BCUT2D eigenvalue weighted by molar-refractivity contribution is 5.00. The van der Waals surface area contributed by atoms with Crippen LogP contribution in [-0.2, 0) is 0 Å². The minimum absolute atomic E-state index is 0.750. The van der Waals surface area contributed by atoms with Gasteiger partial charge in [-0.1, -0.05) is 0 Å². The summed E-state index contributed by atoms with van der Waals surface area (Å²) in [4.78, 5) is 0. The van der Waals surface area contributed by atoms with Crippen LogP contribution in [-0.4, -0.2) is 26.2 Å². The fourth-order valence-corrected chi connectivity index (χ4v) is 6.04. The number of hydrogen-bond acceptors (Lipinski definition) is 2. The van der Waals surface area contributed by atoms with Crippen LogP contribution in [0.1, 0.15) is 77.0 Å². The summed E-state index contributed by atoms with van der Waals surface area (Å²) in [7, 11) is 0. The van der Waals surface area contributed by atoms with Gasteiger partial charge in [-0.3, -0.25) is 0 Å². The lowest BCUT2D eigenvalue weighted by molar-refractivity contribution is -0.0145. The van der Waals surface area contributed by atoms with Gasteiger partial charge in [-0.15, -0.1) is 0 Å². The van der Waals surface area contributed by atoms with E-state index >= 15 is 0 Å². The number of piperidine rings is 2. The molecule has 2 aliphatic heterocycles. The van der Waals surface area contributed by atoms with Crippen LogP contribution in [0.15, 0.2) is 0 Å². The molecule has 2 aliphatic carbocycles. The van der Waals surface area contributed by atoms with Crippen molar-refractivity contribution in [1.82, 2.24) is 10.6 Å². The second kappa shape index (κ2) is 5.53. The normalized spacial score (nSPS) is 34.3. The molecule has 4 rings (SSSR count). The molecule has 2 heteroatoms. The predicted octanol–water partition coefficient (Wildman–Crippen LogP) is 3.86. The van der Waals surface area contributed by atoms with Crippen molar-refractivity contribution >= 4 is 0 Å². The van der Waals surface area contributed by atoms with Crippen molar-refractivity contribution in [1.29, 1.82) is 0 Å². The molecule has 0 amide bonds. The molecule has 2 nitrogen and oxygen atoms in total. The van der Waals surface area contributed by atoms with E-state index in [1.807, 2.05) is 0 Å². The lowest BCUT2D eigenvalue weighted by Gasteiger charge is -2.54. The van der Waals surface area contributed by atoms with Gasteiger partial charge in [0.2, 0.25) is 0 Å². The van der Waals surface area contributed by atoms with Crippen LogP contribution in [0, 0.1) is 16.2 Å². The van der Waals surface area contributed by atoms with E-state index in [-0.39, 0.29) is 0 Å². The van der Waals surface area contributed by atoms with Crippen LogP contribution >= 0.6 is 0 Å². The zero-order valence-corrected chi connectivity index (χ0v) is 13.8. The minimum Gasteiger partial charge on any atom is -0.317 e. The molecular formula is C19H34N2. The molecule has 2 saturated carbocycles. The van der Waals surface area contributed by atoms with Crippen molar-refractivity contribution < 1.29 is 0 Å². The first-order valence-corrected chi connectivity index (χ1v) is 9.66. The second-order valence-corrected chi connectivity index (χ2v) is 9.00. The second-order valence-electron chi connectivity index (χ2n) is 9.00. The molecule has 120 valence electrons. The zero-order valence-electron chi connectivity index (χ0n) is 13.8. The van der Waals surface area contributed by atoms with Crippen molar-refractivity contribution in [2.45, 2.75) is 77.0 Å². The Bertz CT molecular complexity index is 304. The van der Waals surface area contributed by atoms with E-state index in [4.69, 9.17) is 0 Å². The number of hydrogen-bond donors (Lipinski definition) is 2. The Hall–Kier alpha value is -0.0800. The number of rotatable bonds is 0. The highest BCUT2D eigenvalue weighted by Crippen LogP contribution is 2.59. The first-order valence-electron chi connectivity index (χ1n) is 9.66. The van der Waals surface area contributed by atoms with Crippen LogP contribution in [0.4, 0.5) is 0 Å². The summed E-state index contributed by atoms with van der Waals surface area (Å²) in [5, 5.41) is 7.12. The van der Waals surface area contributed by atoms with Gasteiger partial charge in [-0.2, -0.15) is 0 Å². The Balaban J connectivity index is 1.35. The van der Waals surface area contributed by atoms with Crippen LogP contribution in [0.5, 0.6) is 0 Å². The molecule has 2 N–H and O–H groups in total. The molecule has 0 aromatic carbocycles. The molecule has 0 atom stereocenters. The van der Waals surface area contributed by atoms with E-state index in [1.165, 1.54) is 51.9 Å². The average Bonchev–Trinajstić information content (AvgIpc) is 2.56. The quantitative estimate of drug-likeness (QED) is 0.708. The SMILES string of the molecule is C1CC2(CCN1)CCC1(CC2)CCC2(CCNCC2)CC1. The van der Waals surface area contributed by atoms with Crippen molar-refractivity contribution in [3.8, 4) is 0 Å². The van der Waals surface area contributed by atoms with Crippen molar-refractivity contribution in [3.05, 3.63) is 0 Å². The molecule has 0 aromatic rings. The lowest BCUT2D eigenvalue weighted by Crippen LogP contribution is -2.45. The van der Waals surface area contributed by atoms with E-state index < -0.39 is 0 Å². The van der Waals surface area contributed by atoms with E-state index in [1.54, 1.807) is 51.4 Å². The van der Waals surface area contributed by atoms with E-state index in [2.05, 4.69) is 10.6 Å². The maximum atomic E-state index is 3.56. The summed E-state index contributed by atoms with van der Waals surface area (Å²) in [5.41, 5.74) is 2.27. The van der Waals surface area contributed by atoms with E-state index in [0.29, 0.717) is 0 Å². The van der Waals surface area contributed by atoms with E-state index in [9.17, 15) is 0 Å². The third kappa shape index (κ3) is 2.79. The molecule has 0 bridgehead atoms. The van der Waals surface area contributed by atoms with Crippen molar-refractivity contribution in [2.75, 3.05) is 26.2 Å². The van der Waals surface area contributed by atoms with Crippen LogP contribution < -0.4 is 10.6 Å². The molecule has 4 aliphatic rings. The topological polar surface area (TPSA) is 24.1 Å². The lowest BCUT2D eigenvalue weighted by atomic mass is 9.53. The van der Waals surface area contributed by atoms with Gasteiger partial charge < -0.3 is 10.6 Å². The summed E-state index contributed by atoms with van der Waals surface area (Å²) in [6.07, 6.45) is 18.2. The van der Waals surface area contributed by atoms with Gasteiger partial charge >= 0.3 is 0 Å². The molecule has 0 radical (unpaired) electrons. The molecule has 0 aromatic heterocycles. The van der Waals surface area contributed by atoms with Crippen LogP contribution in [0.25, 0.3) is 0 Å². The molecule has 3 spiro atoms. The smallest absolute Gasteiger partial charge is 0.00436 e. The monoisotopic (exact) mass is 290 g/mol. The maximum Gasteiger partial charge on any atom is -0.00436 e. The Morgan fingerprint density at radius 1 is 0.333 bits per heavy atom. The Morgan fingerprint density at radius 3 is 0.857 bits per heavy atom. The van der Waals surface area contributed by atoms with Crippen molar-refractivity contribution in [3.63, 3.8) is 0 Å². The Morgan fingerprint density at radius 2 is 0.571 bits per heavy atom. The predicted molar refractivity (Wildman–Crippen MR) is 88.4 cm³/mol. The molecule has 2 heterocycles. The van der Waals surface area contributed by atoms with Gasteiger partial charge in [0.25, 0.3) is 0 Å². The molecule has 21 heavy (non-hydrogen) atoms. The maximum absolute atomic E-state index is 3.56. The summed E-state index contributed by atoms with van der Waals surface area (Å²) in [5.74, 6) is 0. The highest BCUT2D eigenvalue weighted by Gasteiger charge is 2.47. The average molecular weight is 290 g/mol. The summed E-state index contributed by atoms with van der Waals surface area (Å²) in [6, 6.07) is 0. The third-order valence-corrected chi connectivity index (χ3v) is 8.07. The van der Waals surface area contributed by atoms with Gasteiger partial charge in [0, 0.05) is 0 Å². The van der Waals surface area contributed by atoms with Gasteiger partial charge in [-0.05, 0) is 119 Å². The minimum atomic E-state index is 0.750. The van der Waals surface area contributed by atoms with Crippen molar-refractivity contribution in [2.24, 2.45) is 16.2 Å². The first-order chi connectivity index (χ1) is 10.2. The third-order valence-electron chi connectivity index (χ3n) is 8.07. The summed E-state index contributed by atoms with van der Waals surface area (Å²) < 4.78 is 0. The molecule has 2 saturated heterocycles. The van der Waals surface area contributed by atoms with Gasteiger partial charge in [0.15, 0.2) is 0 Å². The first kappa shape index (κ1) is 14.5. The van der Waals surface area contributed by atoms with Crippen LogP contribution in [0.2, 0.25) is 0 Å². The molecule has 0 unspecified atom stereocenters. The zero-order chi connectivity index (χ0) is 14.2. The molecular weight excluding hydrogens is 256 g/mol. The standard InChI is InChI=1S/C19H34N2/c1-5-18(9-13-20-14-10-18)6-2-17(1)3-7-19(8-4-17)11-15-21-16-12-19/h20-21H,1-16H2. The largest absolute Gasteiger partial charge is 0.317 e. The van der Waals surface area contributed by atoms with Gasteiger partial charge in [0.1, 0.15) is 0 Å². The fourth-order valence-electron chi connectivity index (χ4n) is 6.04. The van der Waals surface area contributed by atoms with Crippen LogP contribution in [0.3, 0.4) is 0 Å². The Kier molecular flexibility index (Phi) is 3.82. The van der Waals surface area contributed by atoms with E-state index in [0.717, 1.165) is 16.2 Å². The summed E-state index contributed by atoms with van der Waals surface area (Å²) >= 11 is 0. The van der Waals surface area contributed by atoms with Gasteiger partial charge in [0.05, 0.1) is 0 Å².